The minimum Gasteiger partial charge on any atom is -0.462 e. The van der Waals surface area contributed by atoms with E-state index in [4.69, 9.17) is 0 Å². The van der Waals surface area contributed by atoms with Crippen LogP contribution in [0.2, 0.25) is 132 Å². The van der Waals surface area contributed by atoms with E-state index in [0.717, 1.165) is 14.4 Å². The fourth-order valence-corrected chi connectivity index (χ4v) is 92.6. The summed E-state index contributed by atoms with van der Waals surface area (Å²) >= 11 is 0. The normalized spacial score (nSPS) is 15.0. The van der Waals surface area contributed by atoms with E-state index >= 15 is 0 Å². The third-order valence-corrected chi connectivity index (χ3v) is 63.0. The summed E-state index contributed by atoms with van der Waals surface area (Å²) < 4.78 is 0. The third-order valence-electron chi connectivity index (χ3n) is 6.13. The fourth-order valence-electron chi connectivity index (χ4n) is 6.70. The Labute approximate surface area is 214 Å². The molecule has 0 N–H and O–H groups in total. The van der Waals surface area contributed by atoms with Crippen molar-refractivity contribution in [2.75, 3.05) is 0 Å². The van der Waals surface area contributed by atoms with Crippen molar-refractivity contribution >= 4 is 64.9 Å². The average Bonchev–Trinajstić information content (AvgIpc) is 2.24. The number of hydrogen-bond donors (Lipinski definition) is 0. The van der Waals surface area contributed by atoms with Gasteiger partial charge in [0.15, 0.2) is 0 Å². The maximum Gasteiger partial charge on any atom is 1.00 e. The van der Waals surface area contributed by atoms with Gasteiger partial charge in [-0.3, -0.25) is 0 Å². The molecule has 0 saturated heterocycles. The van der Waals surface area contributed by atoms with Crippen molar-refractivity contribution < 1.29 is 18.9 Å². The Morgan fingerprint density at radius 3 is 0.733 bits per heavy atom. The molecule has 0 spiro atoms. The molecule has 0 heterocycles. The molecule has 9 heteroatoms. The predicted octanol–water partition coefficient (Wildman–Crippen LogP) is 5.48. The molecule has 0 atom stereocenters. The Hall–Kier alpha value is 2.33. The molecule has 0 aliphatic heterocycles. The molecular weight excluding hydrogens is 484 g/mol. The maximum atomic E-state index is 2.74. The van der Waals surface area contributed by atoms with Gasteiger partial charge in [-0.25, -0.2) is 7.89 Å². The van der Waals surface area contributed by atoms with Crippen molar-refractivity contribution in [3.63, 3.8) is 0 Å². The summed E-state index contributed by atoms with van der Waals surface area (Å²) in [5.74, 6) is 0. The Morgan fingerprint density at radius 2 is 0.600 bits per heavy atom. The van der Waals surface area contributed by atoms with Crippen LogP contribution in [0.15, 0.2) is 0 Å². The molecule has 174 valence electrons. The van der Waals surface area contributed by atoms with Crippen LogP contribution in [0.25, 0.3) is 0 Å². The van der Waals surface area contributed by atoms with Gasteiger partial charge < -0.3 is 8.61 Å². The molecule has 0 aromatic rings. The first-order chi connectivity index (χ1) is 12.2. The Balaban J connectivity index is 0. The van der Waals surface area contributed by atoms with Gasteiger partial charge in [0.05, 0.1) is 0 Å². The van der Waals surface area contributed by atoms with Crippen molar-refractivity contribution in [2.24, 2.45) is 0 Å². The summed E-state index contributed by atoms with van der Waals surface area (Å²) in [4.78, 5) is 3.45. The summed E-state index contributed by atoms with van der Waals surface area (Å²) in [6.07, 6.45) is 0. The SMILES string of the molecule is C[Si](C)(C)C([Si-]=[Si](C([Si](C)(C)C)[Si](C)(C)C)C([Si](C)(C)C)[Si](C)(C)C)[Si](C)(C)C.[Li+]. The zero-order valence-electron chi connectivity index (χ0n) is 24.7. The van der Waals surface area contributed by atoms with Gasteiger partial charge >= 0.3 is 18.9 Å². The van der Waals surface area contributed by atoms with Crippen molar-refractivity contribution in [3.8, 4) is 0 Å². The molecule has 0 nitrogen and oxygen atoms in total. The minimum atomic E-state index is -1.20. The molecule has 0 aliphatic rings. The Bertz CT molecular complexity index is 499. The van der Waals surface area contributed by atoms with Crippen LogP contribution in [0, 0.1) is 0 Å². The van der Waals surface area contributed by atoms with Crippen LogP contribution in [0.5, 0.6) is 0 Å². The van der Waals surface area contributed by atoms with Crippen LogP contribution in [0.4, 0.5) is 0 Å². The third kappa shape index (κ3) is 10.3. The second-order valence-corrected chi connectivity index (χ2v) is 58.7. The van der Waals surface area contributed by atoms with E-state index in [0.29, 0.717) is 0 Å². The fraction of sp³-hybridized carbons (Fsp3) is 1.00. The molecule has 0 saturated carbocycles. The molecule has 0 aromatic carbocycles. The van der Waals surface area contributed by atoms with Crippen molar-refractivity contribution in [2.45, 2.75) is 132 Å². The van der Waals surface area contributed by atoms with Gasteiger partial charge in [-0.15, -0.1) is 0 Å². The van der Waals surface area contributed by atoms with Gasteiger partial charge in [0.2, 0.25) is 0 Å². The second kappa shape index (κ2) is 10.9. The van der Waals surface area contributed by atoms with Gasteiger partial charge in [0, 0.05) is 48.4 Å². The van der Waals surface area contributed by atoms with Gasteiger partial charge in [0.1, 0.15) is 0 Å². The molecule has 0 unspecified atom stereocenters. The van der Waals surface area contributed by atoms with Crippen LogP contribution in [-0.2, 0) is 0 Å². The Morgan fingerprint density at radius 1 is 0.400 bits per heavy atom. The zero-order chi connectivity index (χ0) is 24.0. The summed E-state index contributed by atoms with van der Waals surface area (Å²) in [7, 11) is -6.14. The summed E-state index contributed by atoms with van der Waals surface area (Å²) in [6.45, 7) is 49.2. The van der Waals surface area contributed by atoms with E-state index in [2.05, 4.69) is 118 Å². The average molecular weight is 541 g/mol. The number of hydrogen-bond acceptors (Lipinski definition) is 0. The number of rotatable bonds is 9. The van der Waals surface area contributed by atoms with E-state index in [1.54, 1.807) is 0 Å². The quantitative estimate of drug-likeness (QED) is 0.340. The minimum absolute atomic E-state index is 0. The van der Waals surface area contributed by atoms with E-state index in [-0.39, 0.29) is 26.8 Å². The smallest absolute Gasteiger partial charge is 0.462 e. The van der Waals surface area contributed by atoms with Gasteiger partial charge in [0.25, 0.3) is 0 Å². The Kier molecular flexibility index (Phi) is 12.6. The molecular formula is C21H57LiSi8. The first-order valence-corrected chi connectivity index (χ1v) is 37.0. The van der Waals surface area contributed by atoms with Gasteiger partial charge in [-0.2, -0.15) is 4.79 Å². The molecule has 30 heavy (non-hydrogen) atoms. The molecule has 0 radical (unpaired) electrons. The standard InChI is InChI=1S/C21H57Si8.Li/c1-24(2,3)19(25(4,5)6)22-23(20(26(7,8)9)27(10,11)12)21(28(13,14)15)29(16,17)18;/h19-21H,1-18H3;/q-1;+1. The zero-order valence-corrected chi connectivity index (χ0v) is 32.7. The van der Waals surface area contributed by atoms with Crippen LogP contribution < -0.4 is 18.9 Å². The predicted molar refractivity (Wildman–Crippen MR) is 163 cm³/mol. The van der Waals surface area contributed by atoms with E-state index in [1.807, 2.05) is 0 Å². The van der Waals surface area contributed by atoms with Crippen LogP contribution >= 0.6 is 0 Å². The molecule has 0 aliphatic carbocycles. The maximum absolute atomic E-state index is 2.74. The largest absolute Gasteiger partial charge is 1.00 e. The molecule has 0 fully saturated rings. The summed E-state index contributed by atoms with van der Waals surface area (Å²) in [5, 5.41) is 0. The van der Waals surface area contributed by atoms with Crippen molar-refractivity contribution in [3.05, 3.63) is 0 Å². The second-order valence-electron chi connectivity index (χ2n) is 16.1. The van der Waals surface area contributed by atoms with Crippen LogP contribution in [0.1, 0.15) is 0 Å². The van der Waals surface area contributed by atoms with E-state index in [9.17, 15) is 0 Å². The van der Waals surface area contributed by atoms with Gasteiger partial charge in [-0.1, -0.05) is 127 Å². The summed E-state index contributed by atoms with van der Waals surface area (Å²) in [6, 6.07) is 0. The molecule has 0 amide bonds. The van der Waals surface area contributed by atoms with Crippen LogP contribution in [0.3, 0.4) is 0 Å². The van der Waals surface area contributed by atoms with Crippen molar-refractivity contribution in [1.82, 2.24) is 0 Å². The molecule has 0 bridgehead atoms. The van der Waals surface area contributed by atoms with Crippen LogP contribution in [-0.4, -0.2) is 64.9 Å². The monoisotopic (exact) mass is 540 g/mol. The first kappa shape index (κ1) is 34.5. The van der Waals surface area contributed by atoms with Crippen molar-refractivity contribution in [1.29, 1.82) is 0 Å². The molecule has 0 aromatic heterocycles. The van der Waals surface area contributed by atoms with E-state index < -0.39 is 48.4 Å². The van der Waals surface area contributed by atoms with E-state index in [1.165, 1.54) is 8.61 Å². The first-order valence-electron chi connectivity index (χ1n) is 11.8. The summed E-state index contributed by atoms with van der Waals surface area (Å²) in [5.41, 5.74) is 0. The molecule has 0 rings (SSSR count). The topological polar surface area (TPSA) is 0 Å². The van der Waals surface area contributed by atoms with Gasteiger partial charge in [-0.05, 0) is 0 Å².